The number of ether oxygens (including phenoxy) is 3. The normalized spacial score (nSPS) is 34.6. The maximum Gasteiger partial charge on any atom is 0.334 e. The van der Waals surface area contributed by atoms with Crippen molar-refractivity contribution in [2.75, 3.05) is 0 Å². The van der Waals surface area contributed by atoms with Gasteiger partial charge >= 0.3 is 17.9 Å². The van der Waals surface area contributed by atoms with Gasteiger partial charge in [0.15, 0.2) is 0 Å². The molecule has 1 aliphatic carbocycles. The highest BCUT2D eigenvalue weighted by atomic mass is 16.6. The van der Waals surface area contributed by atoms with Crippen molar-refractivity contribution in [2.24, 2.45) is 11.8 Å². The molecule has 0 saturated carbocycles. The first-order valence-corrected chi connectivity index (χ1v) is 9.87. The number of hydrogen-bond acceptors (Lipinski definition) is 7. The van der Waals surface area contributed by atoms with Crippen molar-refractivity contribution >= 4 is 17.9 Å². The molecular weight excluding hydrogens is 376 g/mol. The first-order valence-electron chi connectivity index (χ1n) is 9.87. The standard InChI is InChI=1S/C22H30O7/c1-7-11(2)21(25)29-20-12(3)8-9-16(27-15(6)23)13(4)10-17-18(19(20)24)14(5)22(26)28-17/h8,10-11,16-20,24H,5,7,9H2,1-4,6H3/b12-8+,13-10-/t11-,16-,17-,18+,19-,20+/m0/s1. The summed E-state index contributed by atoms with van der Waals surface area (Å²) in [4.78, 5) is 36.1. The Balaban J connectivity index is 2.47. The van der Waals surface area contributed by atoms with Gasteiger partial charge in [0.25, 0.3) is 0 Å². The Hall–Kier alpha value is -2.41. The number of carbonyl (C=O) groups excluding carboxylic acids is 3. The fourth-order valence-electron chi connectivity index (χ4n) is 3.48. The van der Waals surface area contributed by atoms with Gasteiger partial charge in [-0.3, -0.25) is 9.59 Å². The molecule has 0 aromatic carbocycles. The second-order valence-corrected chi connectivity index (χ2v) is 7.77. The van der Waals surface area contributed by atoms with Gasteiger partial charge in [0, 0.05) is 18.9 Å². The fraction of sp³-hybridized carbons (Fsp3) is 0.591. The number of carbonyl (C=O) groups is 3. The molecule has 6 atom stereocenters. The number of fused-ring (bicyclic) bond motifs is 1. The van der Waals surface area contributed by atoms with Crippen molar-refractivity contribution in [3.63, 3.8) is 0 Å². The maximum absolute atomic E-state index is 12.4. The van der Waals surface area contributed by atoms with Crippen LogP contribution in [0.25, 0.3) is 0 Å². The molecule has 29 heavy (non-hydrogen) atoms. The van der Waals surface area contributed by atoms with E-state index in [1.807, 2.05) is 6.92 Å². The summed E-state index contributed by atoms with van der Waals surface area (Å²) in [5.74, 6) is -2.60. The molecule has 0 aromatic rings. The Morgan fingerprint density at radius 2 is 1.97 bits per heavy atom. The van der Waals surface area contributed by atoms with E-state index in [-0.39, 0.29) is 11.5 Å². The molecule has 0 spiro atoms. The van der Waals surface area contributed by atoms with Gasteiger partial charge in [0.2, 0.25) is 0 Å². The van der Waals surface area contributed by atoms with Gasteiger partial charge < -0.3 is 19.3 Å². The Morgan fingerprint density at radius 1 is 1.31 bits per heavy atom. The molecule has 1 aliphatic heterocycles. The van der Waals surface area contributed by atoms with Gasteiger partial charge in [-0.1, -0.05) is 26.5 Å². The van der Waals surface area contributed by atoms with Crippen LogP contribution in [0, 0.1) is 11.8 Å². The molecule has 0 unspecified atom stereocenters. The molecule has 0 bridgehead atoms. The minimum atomic E-state index is -1.21. The third-order valence-electron chi connectivity index (χ3n) is 5.54. The molecule has 1 saturated heterocycles. The molecular formula is C22H30O7. The zero-order chi connectivity index (χ0) is 21.9. The second-order valence-electron chi connectivity index (χ2n) is 7.77. The Labute approximate surface area is 171 Å². The molecule has 160 valence electrons. The quantitative estimate of drug-likeness (QED) is 0.332. The number of aliphatic hydroxyl groups is 1. The third-order valence-corrected chi connectivity index (χ3v) is 5.54. The van der Waals surface area contributed by atoms with Crippen molar-refractivity contribution in [1.82, 2.24) is 0 Å². The average molecular weight is 406 g/mol. The SMILES string of the molecule is C=C1C(=O)O[C@H]2/C=C(/C)[C@@H](OC(C)=O)C/C=C(\C)[C@@H](OC(=O)[C@@H](C)CC)[C@@H](O)[C@H]12. The first-order chi connectivity index (χ1) is 13.6. The number of aliphatic hydroxyl groups excluding tert-OH is 1. The van der Waals surface area contributed by atoms with Crippen molar-refractivity contribution in [2.45, 2.75) is 71.9 Å². The van der Waals surface area contributed by atoms with E-state index in [9.17, 15) is 19.5 Å². The largest absolute Gasteiger partial charge is 0.458 e. The summed E-state index contributed by atoms with van der Waals surface area (Å²) in [5.41, 5.74) is 1.42. The summed E-state index contributed by atoms with van der Waals surface area (Å²) < 4.78 is 16.4. The van der Waals surface area contributed by atoms with Crippen molar-refractivity contribution in [1.29, 1.82) is 0 Å². The highest BCUT2D eigenvalue weighted by Crippen LogP contribution is 2.36. The molecule has 2 rings (SSSR count). The van der Waals surface area contributed by atoms with Gasteiger partial charge in [0.05, 0.1) is 11.8 Å². The van der Waals surface area contributed by atoms with Crippen LogP contribution in [0.3, 0.4) is 0 Å². The molecule has 0 radical (unpaired) electrons. The van der Waals surface area contributed by atoms with Crippen molar-refractivity contribution in [3.8, 4) is 0 Å². The fourth-order valence-corrected chi connectivity index (χ4v) is 3.48. The van der Waals surface area contributed by atoms with Crippen LogP contribution in [0.2, 0.25) is 0 Å². The van der Waals surface area contributed by atoms with E-state index < -0.39 is 48.2 Å². The van der Waals surface area contributed by atoms with E-state index in [0.29, 0.717) is 24.0 Å². The molecule has 2 aliphatic rings. The topological polar surface area (TPSA) is 99.1 Å². The van der Waals surface area contributed by atoms with E-state index in [1.165, 1.54) is 6.92 Å². The number of rotatable bonds is 4. The predicted octanol–water partition coefficient (Wildman–Crippen LogP) is 2.63. The lowest BCUT2D eigenvalue weighted by Crippen LogP contribution is -2.42. The van der Waals surface area contributed by atoms with Crippen LogP contribution in [0.1, 0.15) is 47.5 Å². The van der Waals surface area contributed by atoms with Gasteiger partial charge in [-0.2, -0.15) is 0 Å². The van der Waals surface area contributed by atoms with Gasteiger partial charge in [0.1, 0.15) is 24.4 Å². The zero-order valence-electron chi connectivity index (χ0n) is 17.6. The van der Waals surface area contributed by atoms with Crippen LogP contribution in [-0.2, 0) is 28.6 Å². The van der Waals surface area contributed by atoms with Gasteiger partial charge in [-0.25, -0.2) is 4.79 Å². The third kappa shape index (κ3) is 5.15. The summed E-state index contributed by atoms with van der Waals surface area (Å²) in [5, 5.41) is 11.1. The van der Waals surface area contributed by atoms with E-state index in [2.05, 4.69) is 6.58 Å². The molecule has 1 N–H and O–H groups in total. The zero-order valence-corrected chi connectivity index (χ0v) is 17.6. The van der Waals surface area contributed by atoms with Gasteiger partial charge in [-0.05, 0) is 37.5 Å². The smallest absolute Gasteiger partial charge is 0.334 e. The second kappa shape index (κ2) is 9.39. The summed E-state index contributed by atoms with van der Waals surface area (Å²) >= 11 is 0. The van der Waals surface area contributed by atoms with Crippen LogP contribution < -0.4 is 0 Å². The van der Waals surface area contributed by atoms with Crippen molar-refractivity contribution in [3.05, 3.63) is 35.5 Å². The average Bonchev–Trinajstić information content (AvgIpc) is 2.93. The number of esters is 3. The van der Waals surface area contributed by atoms with Crippen molar-refractivity contribution < 1.29 is 33.7 Å². The summed E-state index contributed by atoms with van der Waals surface area (Å²) in [7, 11) is 0. The minimum absolute atomic E-state index is 0.119. The lowest BCUT2D eigenvalue weighted by Gasteiger charge is -2.31. The molecule has 0 amide bonds. The minimum Gasteiger partial charge on any atom is -0.458 e. The summed E-state index contributed by atoms with van der Waals surface area (Å²) in [6, 6.07) is 0. The Morgan fingerprint density at radius 3 is 2.55 bits per heavy atom. The molecule has 0 aromatic heterocycles. The van der Waals surface area contributed by atoms with E-state index >= 15 is 0 Å². The summed E-state index contributed by atoms with van der Waals surface area (Å²) in [6.07, 6.45) is 0.849. The lowest BCUT2D eigenvalue weighted by atomic mass is 9.83. The van der Waals surface area contributed by atoms with Crippen LogP contribution >= 0.6 is 0 Å². The summed E-state index contributed by atoms with van der Waals surface area (Å²) in [6.45, 7) is 12.2. The van der Waals surface area contributed by atoms with Crippen LogP contribution in [0.15, 0.2) is 35.5 Å². The highest BCUT2D eigenvalue weighted by Gasteiger charge is 2.46. The van der Waals surface area contributed by atoms with E-state index in [1.54, 1.807) is 32.9 Å². The number of hydrogen-bond donors (Lipinski definition) is 1. The lowest BCUT2D eigenvalue weighted by molar-refractivity contribution is -0.159. The highest BCUT2D eigenvalue weighted by molar-refractivity contribution is 5.91. The van der Waals surface area contributed by atoms with Crippen LogP contribution in [0.5, 0.6) is 0 Å². The van der Waals surface area contributed by atoms with E-state index in [4.69, 9.17) is 14.2 Å². The molecule has 7 heteroatoms. The van der Waals surface area contributed by atoms with Crippen LogP contribution in [-0.4, -0.2) is 47.4 Å². The molecule has 1 fully saturated rings. The Bertz CT molecular complexity index is 748. The molecule has 1 heterocycles. The van der Waals surface area contributed by atoms with E-state index in [0.717, 1.165) is 0 Å². The monoisotopic (exact) mass is 406 g/mol. The van der Waals surface area contributed by atoms with Crippen LogP contribution in [0.4, 0.5) is 0 Å². The van der Waals surface area contributed by atoms with Gasteiger partial charge in [-0.15, -0.1) is 0 Å². The maximum atomic E-state index is 12.4. The molecule has 7 nitrogen and oxygen atoms in total. The first kappa shape index (κ1) is 22.9. The predicted molar refractivity (Wildman–Crippen MR) is 106 cm³/mol. The Kier molecular flexibility index (Phi) is 7.41.